The van der Waals surface area contributed by atoms with Crippen molar-refractivity contribution in [3.63, 3.8) is 0 Å². The van der Waals surface area contributed by atoms with E-state index in [0.717, 1.165) is 18.9 Å². The summed E-state index contributed by atoms with van der Waals surface area (Å²) < 4.78 is 0. The molecule has 1 fully saturated rings. The lowest BCUT2D eigenvalue weighted by molar-refractivity contribution is 0.801. The van der Waals surface area contributed by atoms with Crippen molar-refractivity contribution < 1.29 is 0 Å². The Hall–Kier alpha value is -0.810. The number of anilines is 1. The molecule has 0 spiro atoms. The number of thiocarbonyl (C=S) groups is 1. The number of hydrogen-bond donors (Lipinski definition) is 1. The van der Waals surface area contributed by atoms with Crippen molar-refractivity contribution in [2.45, 2.75) is 6.42 Å². The predicted molar refractivity (Wildman–Crippen MR) is 74.3 cm³/mol. The highest BCUT2D eigenvalue weighted by Gasteiger charge is 2.11. The van der Waals surface area contributed by atoms with Gasteiger partial charge < -0.3 is 10.6 Å². The maximum absolute atomic E-state index is 5.59. The van der Waals surface area contributed by atoms with E-state index in [1.165, 1.54) is 17.9 Å². The fourth-order valence-corrected chi connectivity index (χ4v) is 2.71. The SMILES string of the molecule is NC(=S)c1cccc(N2CCCSCC2)n1. The molecule has 1 aliphatic heterocycles. The first-order valence-electron chi connectivity index (χ1n) is 5.37. The van der Waals surface area contributed by atoms with Crippen LogP contribution in [0.5, 0.6) is 0 Å². The third-order valence-corrected chi connectivity index (χ3v) is 3.79. The zero-order chi connectivity index (χ0) is 11.4. The Bertz CT molecular complexity index is 373. The van der Waals surface area contributed by atoms with Gasteiger partial charge in [-0.3, -0.25) is 0 Å². The highest BCUT2D eigenvalue weighted by atomic mass is 32.2. The van der Waals surface area contributed by atoms with Gasteiger partial charge in [0.05, 0.1) is 5.69 Å². The molecule has 1 aliphatic rings. The standard InChI is InChI=1S/C11H15N3S2/c12-11(15)9-3-1-4-10(13-9)14-5-2-7-16-8-6-14/h1,3-4H,2,5-8H2,(H2,12,15). The van der Waals surface area contributed by atoms with E-state index < -0.39 is 0 Å². The first-order chi connectivity index (χ1) is 7.77. The second-order valence-electron chi connectivity index (χ2n) is 3.70. The van der Waals surface area contributed by atoms with Crippen molar-refractivity contribution in [1.29, 1.82) is 0 Å². The summed E-state index contributed by atoms with van der Waals surface area (Å²) in [4.78, 5) is 7.16. The summed E-state index contributed by atoms with van der Waals surface area (Å²) >= 11 is 6.95. The van der Waals surface area contributed by atoms with Gasteiger partial charge >= 0.3 is 0 Å². The molecular formula is C11H15N3S2. The highest BCUT2D eigenvalue weighted by Crippen LogP contribution is 2.17. The molecule has 1 saturated heterocycles. The monoisotopic (exact) mass is 253 g/mol. The van der Waals surface area contributed by atoms with Crippen molar-refractivity contribution in [1.82, 2.24) is 4.98 Å². The van der Waals surface area contributed by atoms with Gasteiger partial charge in [0, 0.05) is 18.8 Å². The molecular weight excluding hydrogens is 238 g/mol. The summed E-state index contributed by atoms with van der Waals surface area (Å²) in [6, 6.07) is 5.85. The lowest BCUT2D eigenvalue weighted by Gasteiger charge is -2.21. The topological polar surface area (TPSA) is 42.1 Å². The molecule has 16 heavy (non-hydrogen) atoms. The Labute approximate surface area is 105 Å². The summed E-state index contributed by atoms with van der Waals surface area (Å²) in [6.45, 7) is 2.12. The van der Waals surface area contributed by atoms with Crippen LogP contribution in [0.1, 0.15) is 12.1 Å². The van der Waals surface area contributed by atoms with E-state index in [-0.39, 0.29) is 0 Å². The third kappa shape index (κ3) is 2.86. The van der Waals surface area contributed by atoms with E-state index in [1.54, 1.807) is 0 Å². The zero-order valence-electron chi connectivity index (χ0n) is 9.06. The van der Waals surface area contributed by atoms with Gasteiger partial charge in [0.1, 0.15) is 10.8 Å². The molecule has 2 heterocycles. The average molecular weight is 253 g/mol. The zero-order valence-corrected chi connectivity index (χ0v) is 10.7. The largest absolute Gasteiger partial charge is 0.388 e. The van der Waals surface area contributed by atoms with Crippen LogP contribution in [0.15, 0.2) is 18.2 Å². The number of hydrogen-bond acceptors (Lipinski definition) is 4. The highest BCUT2D eigenvalue weighted by molar-refractivity contribution is 7.99. The summed E-state index contributed by atoms with van der Waals surface area (Å²) in [7, 11) is 0. The van der Waals surface area contributed by atoms with Gasteiger partial charge in [0.15, 0.2) is 0 Å². The number of nitrogens with zero attached hydrogens (tertiary/aromatic N) is 2. The van der Waals surface area contributed by atoms with Crippen molar-refractivity contribution in [3.05, 3.63) is 23.9 Å². The van der Waals surface area contributed by atoms with E-state index in [4.69, 9.17) is 18.0 Å². The summed E-state index contributed by atoms with van der Waals surface area (Å²) in [5, 5.41) is 0. The number of rotatable bonds is 2. The molecule has 0 atom stereocenters. The van der Waals surface area contributed by atoms with Crippen LogP contribution in [0.25, 0.3) is 0 Å². The van der Waals surface area contributed by atoms with Gasteiger partial charge in [-0.25, -0.2) is 4.98 Å². The fourth-order valence-electron chi connectivity index (χ4n) is 1.71. The van der Waals surface area contributed by atoms with Crippen LogP contribution in [0.2, 0.25) is 0 Å². The fraction of sp³-hybridized carbons (Fsp3) is 0.455. The van der Waals surface area contributed by atoms with Gasteiger partial charge in [-0.2, -0.15) is 11.8 Å². The van der Waals surface area contributed by atoms with Crippen LogP contribution in [-0.4, -0.2) is 34.6 Å². The lowest BCUT2D eigenvalue weighted by Crippen LogP contribution is -2.27. The van der Waals surface area contributed by atoms with Gasteiger partial charge in [-0.05, 0) is 24.3 Å². The minimum atomic E-state index is 0.367. The normalized spacial score (nSPS) is 16.9. The van der Waals surface area contributed by atoms with Crippen molar-refractivity contribution in [2.75, 3.05) is 29.5 Å². The molecule has 0 saturated carbocycles. The van der Waals surface area contributed by atoms with Crippen LogP contribution in [0, 0.1) is 0 Å². The maximum Gasteiger partial charge on any atom is 0.129 e. The van der Waals surface area contributed by atoms with E-state index in [9.17, 15) is 0 Å². The first-order valence-corrected chi connectivity index (χ1v) is 6.93. The number of pyridine rings is 1. The Kier molecular flexibility index (Phi) is 4.01. The minimum absolute atomic E-state index is 0.367. The molecule has 2 rings (SSSR count). The molecule has 0 aromatic carbocycles. The maximum atomic E-state index is 5.59. The Morgan fingerprint density at radius 1 is 1.38 bits per heavy atom. The second-order valence-corrected chi connectivity index (χ2v) is 5.36. The summed E-state index contributed by atoms with van der Waals surface area (Å²) in [5.41, 5.74) is 6.30. The van der Waals surface area contributed by atoms with Gasteiger partial charge in [-0.15, -0.1) is 0 Å². The molecule has 0 unspecified atom stereocenters. The van der Waals surface area contributed by atoms with Crippen molar-refractivity contribution >= 4 is 34.8 Å². The number of aromatic nitrogens is 1. The average Bonchev–Trinajstić information content (AvgIpc) is 2.57. The third-order valence-electron chi connectivity index (χ3n) is 2.53. The van der Waals surface area contributed by atoms with E-state index in [1.807, 2.05) is 30.0 Å². The first kappa shape index (κ1) is 11.7. The molecule has 5 heteroatoms. The molecule has 2 N–H and O–H groups in total. The van der Waals surface area contributed by atoms with Crippen molar-refractivity contribution in [2.24, 2.45) is 5.73 Å². The van der Waals surface area contributed by atoms with Gasteiger partial charge in [-0.1, -0.05) is 18.3 Å². The Morgan fingerprint density at radius 2 is 2.25 bits per heavy atom. The Morgan fingerprint density at radius 3 is 3.06 bits per heavy atom. The Balaban J connectivity index is 2.18. The molecule has 3 nitrogen and oxygen atoms in total. The van der Waals surface area contributed by atoms with Gasteiger partial charge in [0.25, 0.3) is 0 Å². The minimum Gasteiger partial charge on any atom is -0.388 e. The summed E-state index contributed by atoms with van der Waals surface area (Å²) in [5.74, 6) is 3.40. The molecule has 86 valence electrons. The molecule has 0 radical (unpaired) electrons. The van der Waals surface area contributed by atoms with E-state index in [2.05, 4.69) is 9.88 Å². The van der Waals surface area contributed by atoms with Crippen LogP contribution < -0.4 is 10.6 Å². The smallest absolute Gasteiger partial charge is 0.129 e. The molecule has 0 bridgehead atoms. The molecule has 0 amide bonds. The quantitative estimate of drug-likeness (QED) is 0.812. The second kappa shape index (κ2) is 5.50. The van der Waals surface area contributed by atoms with Crippen LogP contribution in [-0.2, 0) is 0 Å². The number of nitrogens with two attached hydrogens (primary N) is 1. The molecule has 1 aromatic heterocycles. The van der Waals surface area contributed by atoms with Crippen molar-refractivity contribution in [3.8, 4) is 0 Å². The lowest BCUT2D eigenvalue weighted by atomic mass is 10.3. The van der Waals surface area contributed by atoms with Crippen LogP contribution in [0.3, 0.4) is 0 Å². The van der Waals surface area contributed by atoms with E-state index in [0.29, 0.717) is 10.7 Å². The van der Waals surface area contributed by atoms with Crippen LogP contribution >= 0.6 is 24.0 Å². The van der Waals surface area contributed by atoms with Crippen LogP contribution in [0.4, 0.5) is 5.82 Å². The summed E-state index contributed by atoms with van der Waals surface area (Å²) in [6.07, 6.45) is 1.21. The molecule has 1 aromatic rings. The number of thioether (sulfide) groups is 1. The molecule has 0 aliphatic carbocycles. The predicted octanol–water partition coefficient (Wildman–Crippen LogP) is 1.66. The van der Waals surface area contributed by atoms with E-state index >= 15 is 0 Å². The van der Waals surface area contributed by atoms with Gasteiger partial charge in [0.2, 0.25) is 0 Å².